The van der Waals surface area contributed by atoms with Crippen molar-refractivity contribution in [3.8, 4) is 0 Å². The summed E-state index contributed by atoms with van der Waals surface area (Å²) in [5.74, 6) is 0.0821. The van der Waals surface area contributed by atoms with Crippen molar-refractivity contribution in [2.45, 2.75) is 32.2 Å². The minimum Gasteiger partial charge on any atom is -0.472 e. The van der Waals surface area contributed by atoms with Crippen LogP contribution in [0.2, 0.25) is 0 Å². The van der Waals surface area contributed by atoms with E-state index in [0.29, 0.717) is 25.1 Å². The lowest BCUT2D eigenvalue weighted by molar-refractivity contribution is -0.121. The molecule has 0 spiro atoms. The first-order chi connectivity index (χ1) is 8.70. The molecule has 1 N–H and O–H groups in total. The van der Waals surface area contributed by atoms with Gasteiger partial charge < -0.3 is 14.6 Å². The Bertz CT molecular complexity index is 406. The smallest absolute Gasteiger partial charge is 0.257 e. The molecule has 0 atom stereocenters. The summed E-state index contributed by atoms with van der Waals surface area (Å²) in [6.07, 6.45) is 5.10. The normalized spacial score (nSPS) is 16.6. The maximum absolute atomic E-state index is 12.0. The number of carbonyl (C=O) groups excluding carboxylic acids is 2. The Morgan fingerprint density at radius 3 is 2.72 bits per heavy atom. The number of likely N-dealkylation sites (tertiary alicyclic amines) is 1. The fourth-order valence-electron chi connectivity index (χ4n) is 2.13. The van der Waals surface area contributed by atoms with E-state index in [1.807, 2.05) is 6.92 Å². The van der Waals surface area contributed by atoms with Crippen LogP contribution < -0.4 is 5.32 Å². The van der Waals surface area contributed by atoms with Gasteiger partial charge in [-0.2, -0.15) is 0 Å². The van der Waals surface area contributed by atoms with Gasteiger partial charge in [0.1, 0.15) is 6.26 Å². The van der Waals surface area contributed by atoms with Crippen LogP contribution in [-0.4, -0.2) is 35.8 Å². The predicted molar refractivity (Wildman–Crippen MR) is 66.1 cm³/mol. The van der Waals surface area contributed by atoms with Gasteiger partial charge in [-0.05, 0) is 18.9 Å². The van der Waals surface area contributed by atoms with Crippen LogP contribution in [0.15, 0.2) is 23.0 Å². The fourth-order valence-corrected chi connectivity index (χ4v) is 2.13. The lowest BCUT2D eigenvalue weighted by Gasteiger charge is -2.32. The minimum atomic E-state index is 0.00372. The topological polar surface area (TPSA) is 62.6 Å². The number of nitrogens with zero attached hydrogens (tertiary/aromatic N) is 1. The average Bonchev–Trinajstić information content (AvgIpc) is 2.92. The van der Waals surface area contributed by atoms with Crippen LogP contribution in [0, 0.1) is 0 Å². The summed E-state index contributed by atoms with van der Waals surface area (Å²) in [4.78, 5) is 25.1. The molecule has 0 radical (unpaired) electrons. The van der Waals surface area contributed by atoms with E-state index in [2.05, 4.69) is 5.32 Å². The van der Waals surface area contributed by atoms with Crippen LogP contribution in [0.25, 0.3) is 0 Å². The first kappa shape index (κ1) is 12.7. The van der Waals surface area contributed by atoms with Gasteiger partial charge in [-0.1, -0.05) is 6.92 Å². The van der Waals surface area contributed by atoms with E-state index in [1.165, 1.54) is 12.5 Å². The molecule has 0 aliphatic carbocycles. The second-order valence-electron chi connectivity index (χ2n) is 4.50. The van der Waals surface area contributed by atoms with E-state index in [9.17, 15) is 9.59 Å². The first-order valence-corrected chi connectivity index (χ1v) is 6.31. The minimum absolute atomic E-state index is 0.00372. The van der Waals surface area contributed by atoms with Gasteiger partial charge in [0.15, 0.2) is 0 Å². The van der Waals surface area contributed by atoms with Crippen LogP contribution >= 0.6 is 0 Å². The summed E-state index contributed by atoms with van der Waals surface area (Å²) in [6.45, 7) is 3.20. The summed E-state index contributed by atoms with van der Waals surface area (Å²) in [5, 5.41) is 2.97. The molecule has 1 aliphatic heterocycles. The number of nitrogens with one attached hydrogen (secondary N) is 1. The van der Waals surface area contributed by atoms with Crippen molar-refractivity contribution in [2.75, 3.05) is 13.1 Å². The van der Waals surface area contributed by atoms with Gasteiger partial charge in [-0.3, -0.25) is 9.59 Å². The summed E-state index contributed by atoms with van der Waals surface area (Å²) >= 11 is 0. The van der Waals surface area contributed by atoms with Crippen LogP contribution in [0.5, 0.6) is 0 Å². The molecule has 2 heterocycles. The monoisotopic (exact) mass is 250 g/mol. The number of piperidine rings is 1. The second-order valence-corrected chi connectivity index (χ2v) is 4.50. The molecule has 98 valence electrons. The zero-order valence-electron chi connectivity index (χ0n) is 10.5. The molecule has 5 nitrogen and oxygen atoms in total. The van der Waals surface area contributed by atoms with E-state index >= 15 is 0 Å². The quantitative estimate of drug-likeness (QED) is 0.882. The molecule has 1 aliphatic rings. The largest absolute Gasteiger partial charge is 0.472 e. The molecule has 0 unspecified atom stereocenters. The summed E-state index contributed by atoms with van der Waals surface area (Å²) < 4.78 is 4.91. The maximum Gasteiger partial charge on any atom is 0.257 e. The third-order valence-corrected chi connectivity index (χ3v) is 3.24. The molecule has 1 aromatic rings. The highest BCUT2D eigenvalue weighted by molar-refractivity contribution is 5.93. The van der Waals surface area contributed by atoms with Crippen LogP contribution in [0.3, 0.4) is 0 Å². The molecule has 0 bridgehead atoms. The van der Waals surface area contributed by atoms with Crippen molar-refractivity contribution in [3.63, 3.8) is 0 Å². The zero-order chi connectivity index (χ0) is 13.0. The van der Waals surface area contributed by atoms with Crippen LogP contribution in [-0.2, 0) is 4.79 Å². The van der Waals surface area contributed by atoms with Crippen LogP contribution in [0.4, 0.5) is 0 Å². The molecule has 0 saturated carbocycles. The first-order valence-electron chi connectivity index (χ1n) is 6.31. The van der Waals surface area contributed by atoms with Crippen molar-refractivity contribution < 1.29 is 14.0 Å². The second kappa shape index (κ2) is 5.71. The molecule has 18 heavy (non-hydrogen) atoms. The summed E-state index contributed by atoms with van der Waals surface area (Å²) in [6, 6.07) is 1.87. The number of rotatable bonds is 3. The van der Waals surface area contributed by atoms with Crippen molar-refractivity contribution >= 4 is 11.8 Å². The Morgan fingerprint density at radius 1 is 1.44 bits per heavy atom. The highest BCUT2D eigenvalue weighted by atomic mass is 16.3. The number of hydrogen-bond acceptors (Lipinski definition) is 3. The van der Waals surface area contributed by atoms with E-state index in [1.54, 1.807) is 11.0 Å². The molecule has 5 heteroatoms. The Morgan fingerprint density at radius 2 is 2.17 bits per heavy atom. The molecule has 2 rings (SSSR count). The average molecular weight is 250 g/mol. The Hall–Kier alpha value is -1.78. The van der Waals surface area contributed by atoms with Crippen molar-refractivity contribution in [1.29, 1.82) is 0 Å². The molecular weight excluding hydrogens is 232 g/mol. The molecule has 0 aromatic carbocycles. The highest BCUT2D eigenvalue weighted by Crippen LogP contribution is 2.14. The standard InChI is InChI=1S/C13H18N2O3/c1-2-12(16)14-11-3-6-15(7-4-11)13(17)10-5-8-18-9-10/h5,8-9,11H,2-4,6-7H2,1H3,(H,14,16). The lowest BCUT2D eigenvalue weighted by Crippen LogP contribution is -2.46. The van der Waals surface area contributed by atoms with Gasteiger partial charge in [-0.25, -0.2) is 0 Å². The Labute approximate surface area is 106 Å². The zero-order valence-corrected chi connectivity index (χ0v) is 10.5. The van der Waals surface area contributed by atoms with Gasteiger partial charge in [0.05, 0.1) is 11.8 Å². The van der Waals surface area contributed by atoms with Gasteiger partial charge in [0.2, 0.25) is 5.91 Å². The molecule has 1 fully saturated rings. The van der Waals surface area contributed by atoms with Gasteiger partial charge in [0.25, 0.3) is 5.91 Å². The summed E-state index contributed by atoms with van der Waals surface area (Å²) in [7, 11) is 0. The Balaban J connectivity index is 1.83. The molecule has 1 aromatic heterocycles. The molecule has 1 saturated heterocycles. The van der Waals surface area contributed by atoms with Gasteiger partial charge >= 0.3 is 0 Å². The van der Waals surface area contributed by atoms with E-state index in [0.717, 1.165) is 12.8 Å². The van der Waals surface area contributed by atoms with E-state index in [4.69, 9.17) is 4.42 Å². The molecule has 2 amide bonds. The third kappa shape index (κ3) is 2.91. The van der Waals surface area contributed by atoms with Gasteiger partial charge in [0, 0.05) is 25.6 Å². The van der Waals surface area contributed by atoms with Crippen molar-refractivity contribution in [1.82, 2.24) is 10.2 Å². The van der Waals surface area contributed by atoms with Crippen LogP contribution in [0.1, 0.15) is 36.5 Å². The summed E-state index contributed by atoms with van der Waals surface area (Å²) in [5.41, 5.74) is 0.589. The highest BCUT2D eigenvalue weighted by Gasteiger charge is 2.24. The SMILES string of the molecule is CCC(=O)NC1CCN(C(=O)c2ccoc2)CC1. The fraction of sp³-hybridized carbons (Fsp3) is 0.538. The van der Waals surface area contributed by atoms with Crippen molar-refractivity contribution in [3.05, 3.63) is 24.2 Å². The van der Waals surface area contributed by atoms with E-state index < -0.39 is 0 Å². The Kier molecular flexibility index (Phi) is 4.02. The number of furan rings is 1. The number of carbonyl (C=O) groups is 2. The maximum atomic E-state index is 12.0. The molecular formula is C13H18N2O3. The van der Waals surface area contributed by atoms with Crippen molar-refractivity contribution in [2.24, 2.45) is 0 Å². The lowest BCUT2D eigenvalue weighted by atomic mass is 10.0. The predicted octanol–water partition coefficient (Wildman–Crippen LogP) is 1.41. The van der Waals surface area contributed by atoms with Gasteiger partial charge in [-0.15, -0.1) is 0 Å². The number of amides is 2. The van der Waals surface area contributed by atoms with E-state index in [-0.39, 0.29) is 17.9 Å². The third-order valence-electron chi connectivity index (χ3n) is 3.24. The number of hydrogen-bond donors (Lipinski definition) is 1.